The first-order chi connectivity index (χ1) is 13.8. The molecular formula is C23H21BrN2O2S. The third kappa shape index (κ3) is 3.63. The third-order valence-corrected chi connectivity index (χ3v) is 7.60. The Kier molecular flexibility index (Phi) is 5.09. The summed E-state index contributed by atoms with van der Waals surface area (Å²) in [5.74, 6) is 0. The minimum absolute atomic E-state index is 0.242. The van der Waals surface area contributed by atoms with Crippen molar-refractivity contribution in [2.75, 3.05) is 0 Å². The first-order valence-electron chi connectivity index (χ1n) is 9.32. The van der Waals surface area contributed by atoms with Crippen LogP contribution in [0.25, 0.3) is 0 Å². The molecule has 4 rings (SSSR count). The first-order valence-corrected chi connectivity index (χ1v) is 11.5. The molecule has 3 aromatic rings. The molecular weight excluding hydrogens is 448 g/mol. The van der Waals surface area contributed by atoms with Crippen molar-refractivity contribution in [2.45, 2.75) is 30.7 Å². The minimum Gasteiger partial charge on any atom is -0.200 e. The van der Waals surface area contributed by atoms with Crippen LogP contribution in [0.1, 0.15) is 30.0 Å². The summed E-state index contributed by atoms with van der Waals surface area (Å²) < 4.78 is 29.4. The molecule has 0 fully saturated rings. The highest BCUT2D eigenvalue weighted by Gasteiger charge is 2.47. The second-order valence-corrected chi connectivity index (χ2v) is 10.1. The van der Waals surface area contributed by atoms with Crippen LogP contribution in [0.2, 0.25) is 0 Å². The second kappa shape index (κ2) is 7.43. The van der Waals surface area contributed by atoms with Crippen molar-refractivity contribution >= 4 is 31.7 Å². The lowest BCUT2D eigenvalue weighted by Crippen LogP contribution is -2.41. The summed E-state index contributed by atoms with van der Waals surface area (Å²) in [5, 5.41) is 4.63. The van der Waals surface area contributed by atoms with Crippen molar-refractivity contribution in [1.82, 2.24) is 4.41 Å². The van der Waals surface area contributed by atoms with Gasteiger partial charge in [0.25, 0.3) is 10.0 Å². The van der Waals surface area contributed by atoms with Crippen LogP contribution in [0.15, 0.2) is 93.3 Å². The van der Waals surface area contributed by atoms with E-state index in [1.165, 1.54) is 4.41 Å². The van der Waals surface area contributed by atoms with Gasteiger partial charge >= 0.3 is 0 Å². The van der Waals surface area contributed by atoms with Gasteiger partial charge in [0.2, 0.25) is 0 Å². The van der Waals surface area contributed by atoms with Gasteiger partial charge < -0.3 is 0 Å². The number of hydrogen-bond donors (Lipinski definition) is 0. The van der Waals surface area contributed by atoms with Crippen LogP contribution in [0.4, 0.5) is 0 Å². The zero-order valence-corrected chi connectivity index (χ0v) is 18.6. The van der Waals surface area contributed by atoms with E-state index < -0.39 is 15.6 Å². The van der Waals surface area contributed by atoms with E-state index in [0.29, 0.717) is 6.42 Å². The van der Waals surface area contributed by atoms with Crippen LogP contribution >= 0.6 is 15.9 Å². The maximum Gasteiger partial charge on any atom is 0.279 e. The predicted octanol–water partition coefficient (Wildman–Crippen LogP) is 5.47. The number of rotatable bonds is 4. The normalized spacial score (nSPS) is 19.3. The lowest BCUT2D eigenvalue weighted by atomic mass is 9.87. The Bertz CT molecular complexity index is 1160. The van der Waals surface area contributed by atoms with Crippen molar-refractivity contribution in [3.8, 4) is 0 Å². The van der Waals surface area contributed by atoms with Crippen molar-refractivity contribution in [1.29, 1.82) is 0 Å². The molecule has 1 aliphatic heterocycles. The molecule has 1 atom stereocenters. The highest BCUT2D eigenvalue weighted by atomic mass is 79.9. The van der Waals surface area contributed by atoms with E-state index in [1.54, 1.807) is 12.1 Å². The number of aryl methyl sites for hydroxylation is 1. The molecule has 0 amide bonds. The molecule has 3 aromatic carbocycles. The lowest BCUT2D eigenvalue weighted by molar-refractivity contribution is 0.248. The van der Waals surface area contributed by atoms with Gasteiger partial charge in [-0.3, -0.25) is 0 Å². The minimum atomic E-state index is -3.82. The Morgan fingerprint density at radius 1 is 0.931 bits per heavy atom. The van der Waals surface area contributed by atoms with Gasteiger partial charge in [0.1, 0.15) is 5.54 Å². The summed E-state index contributed by atoms with van der Waals surface area (Å²) in [6.45, 7) is 3.87. The molecule has 0 saturated heterocycles. The van der Waals surface area contributed by atoms with Crippen LogP contribution < -0.4 is 0 Å². The summed E-state index contributed by atoms with van der Waals surface area (Å²) in [4.78, 5) is 0.242. The molecule has 0 N–H and O–H groups in total. The van der Waals surface area contributed by atoms with Gasteiger partial charge in [-0.1, -0.05) is 76.1 Å². The average Bonchev–Trinajstić information content (AvgIpc) is 3.09. The van der Waals surface area contributed by atoms with Gasteiger partial charge in [-0.15, -0.1) is 0 Å². The number of halogens is 1. The molecule has 0 bridgehead atoms. The number of hydrogen-bond acceptors (Lipinski definition) is 3. The fourth-order valence-electron chi connectivity index (χ4n) is 3.59. The van der Waals surface area contributed by atoms with Crippen LogP contribution in [-0.4, -0.2) is 18.5 Å². The molecule has 6 heteroatoms. The standard InChI is InChI=1S/C23H21BrN2O2S/c1-17-8-14-21(15-9-17)29(27,28)26-23(2,19-6-4-3-5-7-19)16-22(25-26)18-10-12-20(24)13-11-18/h3-15H,16H2,1-2H3/t23-/m1/s1. The van der Waals surface area contributed by atoms with E-state index >= 15 is 0 Å². The highest BCUT2D eigenvalue weighted by Crippen LogP contribution is 2.42. The Morgan fingerprint density at radius 3 is 2.17 bits per heavy atom. The Balaban J connectivity index is 1.85. The fraction of sp³-hybridized carbons (Fsp3) is 0.174. The fourth-order valence-corrected chi connectivity index (χ4v) is 5.44. The topological polar surface area (TPSA) is 49.7 Å². The molecule has 1 heterocycles. The molecule has 0 radical (unpaired) electrons. The van der Waals surface area contributed by atoms with E-state index in [1.807, 2.05) is 80.6 Å². The van der Waals surface area contributed by atoms with Gasteiger partial charge in [-0.05, 0) is 49.2 Å². The van der Waals surface area contributed by atoms with Crippen molar-refractivity contribution in [2.24, 2.45) is 5.10 Å². The molecule has 0 aliphatic carbocycles. The van der Waals surface area contributed by atoms with Crippen LogP contribution in [0.3, 0.4) is 0 Å². The summed E-state index contributed by atoms with van der Waals surface area (Å²) in [6, 6.07) is 24.4. The Hall–Kier alpha value is -2.44. The molecule has 0 saturated carbocycles. The SMILES string of the molecule is Cc1ccc(S(=O)(=O)N2N=C(c3ccc(Br)cc3)C[C@]2(C)c2ccccc2)cc1. The van der Waals surface area contributed by atoms with E-state index in [-0.39, 0.29) is 4.90 Å². The average molecular weight is 469 g/mol. The maximum absolute atomic E-state index is 13.6. The number of benzene rings is 3. The zero-order valence-electron chi connectivity index (χ0n) is 16.2. The van der Waals surface area contributed by atoms with E-state index in [9.17, 15) is 8.42 Å². The van der Waals surface area contributed by atoms with Crippen LogP contribution in [0.5, 0.6) is 0 Å². The summed E-state index contributed by atoms with van der Waals surface area (Å²) in [5.41, 5.74) is 2.77. The van der Waals surface area contributed by atoms with Crippen molar-refractivity contribution < 1.29 is 8.42 Å². The lowest BCUT2D eigenvalue weighted by Gasteiger charge is -2.33. The summed E-state index contributed by atoms with van der Waals surface area (Å²) in [7, 11) is -3.82. The molecule has 0 spiro atoms. The largest absolute Gasteiger partial charge is 0.279 e. The van der Waals surface area contributed by atoms with Crippen molar-refractivity contribution in [3.63, 3.8) is 0 Å². The maximum atomic E-state index is 13.6. The molecule has 1 aliphatic rings. The Labute approximate surface area is 180 Å². The first kappa shape index (κ1) is 19.9. The highest BCUT2D eigenvalue weighted by molar-refractivity contribution is 9.10. The third-order valence-electron chi connectivity index (χ3n) is 5.27. The van der Waals surface area contributed by atoms with Gasteiger partial charge in [0, 0.05) is 10.9 Å². The van der Waals surface area contributed by atoms with Gasteiger partial charge in [0.05, 0.1) is 10.6 Å². The summed E-state index contributed by atoms with van der Waals surface area (Å²) in [6.07, 6.45) is 0.490. The quantitative estimate of drug-likeness (QED) is 0.509. The number of sulfonamides is 1. The molecule has 0 unspecified atom stereocenters. The molecule has 4 nitrogen and oxygen atoms in total. The van der Waals surface area contributed by atoms with E-state index in [0.717, 1.165) is 26.9 Å². The van der Waals surface area contributed by atoms with Crippen LogP contribution in [-0.2, 0) is 15.6 Å². The predicted molar refractivity (Wildman–Crippen MR) is 119 cm³/mol. The molecule has 148 valence electrons. The van der Waals surface area contributed by atoms with Crippen LogP contribution in [0, 0.1) is 6.92 Å². The van der Waals surface area contributed by atoms with Crippen molar-refractivity contribution in [3.05, 3.63) is 100 Å². The van der Waals surface area contributed by atoms with E-state index in [4.69, 9.17) is 0 Å². The molecule has 0 aromatic heterocycles. The summed E-state index contributed by atoms with van der Waals surface area (Å²) >= 11 is 3.45. The second-order valence-electron chi connectivity index (χ2n) is 7.43. The van der Waals surface area contributed by atoms with Gasteiger partial charge in [-0.2, -0.15) is 17.9 Å². The smallest absolute Gasteiger partial charge is 0.200 e. The van der Waals surface area contributed by atoms with Gasteiger partial charge in [0.15, 0.2) is 0 Å². The Morgan fingerprint density at radius 2 is 1.55 bits per heavy atom. The van der Waals surface area contributed by atoms with E-state index in [2.05, 4.69) is 21.0 Å². The molecule has 29 heavy (non-hydrogen) atoms. The zero-order chi connectivity index (χ0) is 20.6. The monoisotopic (exact) mass is 468 g/mol. The number of hydrazone groups is 1. The van der Waals surface area contributed by atoms with Gasteiger partial charge in [-0.25, -0.2) is 0 Å². The number of nitrogens with zero attached hydrogens (tertiary/aromatic N) is 2.